The molecule has 2 aromatic carbocycles. The van der Waals surface area contributed by atoms with Crippen LogP contribution in [0.5, 0.6) is 0 Å². The highest BCUT2D eigenvalue weighted by molar-refractivity contribution is 7.08. The molecule has 1 fully saturated rings. The maximum Gasteiger partial charge on any atom is 0.0660 e. The Hall–Kier alpha value is -2.95. The number of nitrogens with one attached hydrogen (secondary N) is 1. The molecule has 0 bridgehead atoms. The molecule has 1 N–H and O–H groups in total. The van der Waals surface area contributed by atoms with Gasteiger partial charge in [-0.2, -0.15) is 11.3 Å². The largest absolute Gasteiger partial charge is 0.361 e. The average Bonchev–Trinajstić information content (AvgIpc) is 3.51. The summed E-state index contributed by atoms with van der Waals surface area (Å²) in [5, 5.41) is 7.82. The van der Waals surface area contributed by atoms with Gasteiger partial charge in [-0.15, -0.1) is 6.58 Å². The van der Waals surface area contributed by atoms with Crippen molar-refractivity contribution in [2.24, 2.45) is 4.99 Å². The number of anilines is 1. The van der Waals surface area contributed by atoms with Gasteiger partial charge < -0.3 is 5.32 Å². The van der Waals surface area contributed by atoms with Gasteiger partial charge in [-0.05, 0) is 87.8 Å². The van der Waals surface area contributed by atoms with Crippen molar-refractivity contribution in [1.29, 1.82) is 0 Å². The molecule has 31 heavy (non-hydrogen) atoms. The van der Waals surface area contributed by atoms with E-state index in [0.717, 1.165) is 18.8 Å². The first-order chi connectivity index (χ1) is 15.3. The molecule has 4 heteroatoms. The van der Waals surface area contributed by atoms with Gasteiger partial charge in [0.15, 0.2) is 0 Å². The molecular formula is C27H27N3S. The Labute approximate surface area is 188 Å². The predicted octanol–water partition coefficient (Wildman–Crippen LogP) is 6.62. The van der Waals surface area contributed by atoms with Crippen molar-refractivity contribution in [1.82, 2.24) is 4.90 Å². The van der Waals surface area contributed by atoms with Crippen LogP contribution < -0.4 is 5.32 Å². The predicted molar refractivity (Wildman–Crippen MR) is 134 cm³/mol. The Balaban J connectivity index is 1.34. The molecule has 0 amide bonds. The molecule has 3 aromatic rings. The Morgan fingerprint density at radius 3 is 2.84 bits per heavy atom. The van der Waals surface area contributed by atoms with Gasteiger partial charge in [0, 0.05) is 30.7 Å². The van der Waals surface area contributed by atoms with Crippen molar-refractivity contribution in [3.05, 3.63) is 94.8 Å². The highest BCUT2D eigenvalue weighted by Crippen LogP contribution is 2.33. The second-order valence-electron chi connectivity index (χ2n) is 8.16. The van der Waals surface area contributed by atoms with Crippen molar-refractivity contribution in [2.75, 3.05) is 25.0 Å². The summed E-state index contributed by atoms with van der Waals surface area (Å²) < 4.78 is 0. The number of likely N-dealkylation sites (tertiary alicyclic amines) is 1. The Morgan fingerprint density at radius 1 is 1.13 bits per heavy atom. The number of hydrogen-bond acceptors (Lipinski definition) is 4. The lowest BCUT2D eigenvalue weighted by Gasteiger charge is -2.23. The third-order valence-electron chi connectivity index (χ3n) is 6.18. The number of hydrogen-bond donors (Lipinski definition) is 1. The molecule has 0 radical (unpaired) electrons. The van der Waals surface area contributed by atoms with Crippen LogP contribution in [0.2, 0.25) is 0 Å². The maximum absolute atomic E-state index is 4.55. The normalized spacial score (nSPS) is 19.5. The highest BCUT2D eigenvalue weighted by Gasteiger charge is 2.24. The van der Waals surface area contributed by atoms with Gasteiger partial charge in [-0.3, -0.25) is 9.89 Å². The zero-order chi connectivity index (χ0) is 21.0. The third kappa shape index (κ3) is 4.27. The Kier molecular flexibility index (Phi) is 5.83. The van der Waals surface area contributed by atoms with E-state index in [2.05, 4.69) is 87.3 Å². The van der Waals surface area contributed by atoms with Gasteiger partial charge in [-0.25, -0.2) is 0 Å². The van der Waals surface area contributed by atoms with E-state index in [0.29, 0.717) is 12.6 Å². The Morgan fingerprint density at radius 2 is 2.03 bits per heavy atom. The zero-order valence-corrected chi connectivity index (χ0v) is 18.4. The van der Waals surface area contributed by atoms with Gasteiger partial charge in [0.25, 0.3) is 0 Å². The van der Waals surface area contributed by atoms with Gasteiger partial charge in [-0.1, -0.05) is 30.3 Å². The van der Waals surface area contributed by atoms with Crippen molar-refractivity contribution in [3.8, 4) is 11.1 Å². The zero-order valence-electron chi connectivity index (χ0n) is 17.6. The average molecular weight is 426 g/mol. The molecule has 0 aliphatic carbocycles. The van der Waals surface area contributed by atoms with Gasteiger partial charge in [0.05, 0.1) is 6.54 Å². The van der Waals surface area contributed by atoms with Gasteiger partial charge in [0.2, 0.25) is 0 Å². The quantitative estimate of drug-likeness (QED) is 0.449. The van der Waals surface area contributed by atoms with E-state index in [1.165, 1.54) is 46.2 Å². The highest BCUT2D eigenvalue weighted by atomic mass is 32.1. The van der Waals surface area contributed by atoms with Crippen LogP contribution >= 0.6 is 11.3 Å². The number of fused-ring (bicyclic) bond motifs is 1. The molecule has 1 unspecified atom stereocenters. The summed E-state index contributed by atoms with van der Waals surface area (Å²) in [7, 11) is 0. The van der Waals surface area contributed by atoms with E-state index in [1.54, 1.807) is 11.3 Å². The molecule has 3 nitrogen and oxygen atoms in total. The first-order valence-corrected chi connectivity index (χ1v) is 11.8. The number of nitrogens with zero attached hydrogens (tertiary/aromatic N) is 2. The summed E-state index contributed by atoms with van der Waals surface area (Å²) >= 11 is 1.73. The Bertz CT molecular complexity index is 1110. The molecule has 5 rings (SSSR count). The van der Waals surface area contributed by atoms with Crippen molar-refractivity contribution < 1.29 is 0 Å². The van der Waals surface area contributed by atoms with E-state index in [-0.39, 0.29) is 0 Å². The smallest absolute Gasteiger partial charge is 0.0660 e. The molecule has 0 spiro atoms. The first kappa shape index (κ1) is 20.0. The summed E-state index contributed by atoms with van der Waals surface area (Å²) in [4.78, 5) is 7.07. The second kappa shape index (κ2) is 9.04. The molecule has 1 aromatic heterocycles. The summed E-state index contributed by atoms with van der Waals surface area (Å²) in [6.07, 6.45) is 8.59. The summed E-state index contributed by atoms with van der Waals surface area (Å²) in [6.45, 7) is 6.73. The van der Waals surface area contributed by atoms with E-state index in [4.69, 9.17) is 0 Å². The van der Waals surface area contributed by atoms with Crippen LogP contribution in [0, 0.1) is 0 Å². The minimum Gasteiger partial charge on any atom is -0.361 e. The summed E-state index contributed by atoms with van der Waals surface area (Å²) in [6, 6.07) is 18.2. The van der Waals surface area contributed by atoms with Crippen molar-refractivity contribution >= 4 is 28.8 Å². The molecule has 2 aliphatic heterocycles. The lowest BCUT2D eigenvalue weighted by Crippen LogP contribution is -2.23. The lowest BCUT2D eigenvalue weighted by atomic mass is 9.94. The number of thiophene rings is 1. The fourth-order valence-corrected chi connectivity index (χ4v) is 5.23. The van der Waals surface area contributed by atoms with Crippen LogP contribution in [0.4, 0.5) is 5.69 Å². The fraction of sp³-hybridized carbons (Fsp3) is 0.222. The summed E-state index contributed by atoms with van der Waals surface area (Å²) in [5.74, 6) is 0. The topological polar surface area (TPSA) is 27.6 Å². The van der Waals surface area contributed by atoms with Crippen LogP contribution in [-0.4, -0.2) is 30.7 Å². The SMILES string of the molecule is C=CCN1CCCC1c1ccc(NC=C2CN=Cc3ccc(-c4ccsc4)cc32)cc1. The van der Waals surface area contributed by atoms with Crippen molar-refractivity contribution in [2.45, 2.75) is 18.9 Å². The monoisotopic (exact) mass is 425 g/mol. The number of benzene rings is 2. The molecule has 0 saturated carbocycles. The van der Waals surface area contributed by atoms with Crippen LogP contribution in [0.25, 0.3) is 16.7 Å². The number of rotatable bonds is 6. The molecule has 156 valence electrons. The summed E-state index contributed by atoms with van der Waals surface area (Å²) in [5.41, 5.74) is 8.68. The molecule has 2 aliphatic rings. The molecular weight excluding hydrogens is 398 g/mol. The third-order valence-corrected chi connectivity index (χ3v) is 6.86. The van der Waals surface area contributed by atoms with Gasteiger partial charge >= 0.3 is 0 Å². The minimum absolute atomic E-state index is 0.514. The van der Waals surface area contributed by atoms with E-state index in [9.17, 15) is 0 Å². The van der Waals surface area contributed by atoms with E-state index < -0.39 is 0 Å². The van der Waals surface area contributed by atoms with Crippen LogP contribution in [0.3, 0.4) is 0 Å². The molecule has 3 heterocycles. The van der Waals surface area contributed by atoms with Crippen molar-refractivity contribution in [3.63, 3.8) is 0 Å². The lowest BCUT2D eigenvalue weighted by molar-refractivity contribution is 0.286. The van der Waals surface area contributed by atoms with Crippen LogP contribution in [-0.2, 0) is 0 Å². The van der Waals surface area contributed by atoms with Crippen LogP contribution in [0.1, 0.15) is 35.6 Å². The van der Waals surface area contributed by atoms with Crippen LogP contribution in [0.15, 0.2) is 83.1 Å². The maximum atomic E-state index is 4.55. The second-order valence-corrected chi connectivity index (χ2v) is 8.94. The number of aliphatic imine (C=N–C) groups is 1. The minimum atomic E-state index is 0.514. The van der Waals surface area contributed by atoms with E-state index >= 15 is 0 Å². The molecule has 1 saturated heterocycles. The first-order valence-electron chi connectivity index (χ1n) is 10.9. The van der Waals surface area contributed by atoms with E-state index in [1.807, 2.05) is 12.3 Å². The van der Waals surface area contributed by atoms with Gasteiger partial charge in [0.1, 0.15) is 0 Å². The molecule has 1 atom stereocenters. The standard InChI is InChI=1S/C27H27N3S/c1-2-12-30-13-3-4-27(30)20-7-9-25(10-8-20)29-18-24-17-28-16-22-6-5-21(15-26(22)24)23-11-14-31-19-23/h2,5-11,14-16,18-19,27,29H,1,3-4,12-13,17H2. The fourth-order valence-electron chi connectivity index (χ4n) is 4.57.